The number of benzene rings is 1. The number of nitrogens with zero attached hydrogens (tertiary/aromatic N) is 4. The summed E-state index contributed by atoms with van der Waals surface area (Å²) in [6, 6.07) is 5.94. The van der Waals surface area contributed by atoms with Crippen LogP contribution in [0.3, 0.4) is 0 Å². The summed E-state index contributed by atoms with van der Waals surface area (Å²) >= 11 is 0. The van der Waals surface area contributed by atoms with Gasteiger partial charge in [0.1, 0.15) is 11.3 Å². The molecule has 1 spiro atoms. The molecule has 29 heavy (non-hydrogen) atoms. The van der Waals surface area contributed by atoms with Crippen LogP contribution in [0.5, 0.6) is 0 Å². The Morgan fingerprint density at radius 3 is 2.52 bits per heavy atom. The lowest BCUT2D eigenvalue weighted by atomic mass is 9.87. The molecule has 0 unspecified atom stereocenters. The van der Waals surface area contributed by atoms with Crippen LogP contribution in [0.4, 0.5) is 16.2 Å². The summed E-state index contributed by atoms with van der Waals surface area (Å²) in [7, 11) is 0. The number of amides is 1. The number of nitrogens with two attached hydrogens (primary N) is 2. The van der Waals surface area contributed by atoms with Gasteiger partial charge in [-0.1, -0.05) is 12.5 Å². The Bertz CT molecular complexity index is 880. The van der Waals surface area contributed by atoms with Crippen LogP contribution in [0.2, 0.25) is 0 Å². The highest BCUT2D eigenvalue weighted by atomic mass is 16.6. The number of rotatable bonds is 1. The lowest BCUT2D eigenvalue weighted by molar-refractivity contribution is 0.0584. The topological polar surface area (TPSA) is 110 Å². The fourth-order valence-electron chi connectivity index (χ4n) is 4.60. The van der Waals surface area contributed by atoms with Gasteiger partial charge in [0, 0.05) is 12.1 Å². The molecule has 1 saturated carbocycles. The summed E-state index contributed by atoms with van der Waals surface area (Å²) in [4.78, 5) is 25.5. The molecule has 8 heteroatoms. The highest BCUT2D eigenvalue weighted by Crippen LogP contribution is 2.44. The van der Waals surface area contributed by atoms with Crippen LogP contribution in [-0.4, -0.2) is 35.8 Å². The Morgan fingerprint density at radius 2 is 1.83 bits per heavy atom. The highest BCUT2D eigenvalue weighted by molar-refractivity contribution is 6.07. The monoisotopic (exact) mass is 398 g/mol. The van der Waals surface area contributed by atoms with Crippen molar-refractivity contribution in [3.63, 3.8) is 0 Å². The zero-order valence-electron chi connectivity index (χ0n) is 17.4. The highest BCUT2D eigenvalue weighted by Gasteiger charge is 2.44. The third-order valence-corrected chi connectivity index (χ3v) is 5.71. The quantitative estimate of drug-likeness (QED) is 0.755. The maximum atomic E-state index is 12.7. The second kappa shape index (κ2) is 6.93. The van der Waals surface area contributed by atoms with Gasteiger partial charge in [0.25, 0.3) is 0 Å². The number of aliphatic imine (C=N–C) groups is 2. The molecule has 156 valence electrons. The van der Waals surface area contributed by atoms with Gasteiger partial charge in [-0.2, -0.15) is 4.99 Å². The molecule has 4 N–H and O–H groups in total. The normalized spacial score (nSPS) is 20.9. The Labute approximate surface area is 171 Å². The minimum absolute atomic E-state index is 0.239. The predicted molar refractivity (Wildman–Crippen MR) is 115 cm³/mol. The summed E-state index contributed by atoms with van der Waals surface area (Å²) in [6.45, 7) is 6.19. The van der Waals surface area contributed by atoms with E-state index < -0.39 is 11.3 Å². The molecule has 1 amide bonds. The van der Waals surface area contributed by atoms with E-state index in [1.807, 2.05) is 43.9 Å². The average molecular weight is 399 g/mol. The van der Waals surface area contributed by atoms with Crippen LogP contribution in [0.15, 0.2) is 28.2 Å². The van der Waals surface area contributed by atoms with E-state index in [0.29, 0.717) is 12.5 Å². The van der Waals surface area contributed by atoms with Crippen molar-refractivity contribution < 1.29 is 9.53 Å². The Hall–Kier alpha value is -2.77. The third-order valence-electron chi connectivity index (χ3n) is 5.71. The number of anilines is 2. The molecule has 1 aromatic rings. The van der Waals surface area contributed by atoms with Crippen LogP contribution >= 0.6 is 0 Å². The summed E-state index contributed by atoms with van der Waals surface area (Å²) in [6.07, 6.45) is 5.47. The number of carbonyl (C=O) groups is 1. The zero-order chi connectivity index (χ0) is 20.8. The van der Waals surface area contributed by atoms with E-state index in [4.69, 9.17) is 21.2 Å². The number of fused-ring (bicyclic) bond motifs is 1. The van der Waals surface area contributed by atoms with Crippen molar-refractivity contribution in [2.75, 3.05) is 16.3 Å². The number of hydrogen-bond acceptors (Lipinski definition) is 7. The van der Waals surface area contributed by atoms with Crippen LogP contribution in [-0.2, 0) is 11.2 Å². The van der Waals surface area contributed by atoms with Crippen LogP contribution in [0.25, 0.3) is 0 Å². The van der Waals surface area contributed by atoms with Gasteiger partial charge >= 0.3 is 6.09 Å². The Balaban J connectivity index is 1.73. The number of ether oxygens (including phenoxy) is 1. The molecule has 1 aromatic carbocycles. The van der Waals surface area contributed by atoms with Gasteiger partial charge in [-0.05, 0) is 65.0 Å². The van der Waals surface area contributed by atoms with E-state index in [0.717, 1.165) is 49.0 Å². The van der Waals surface area contributed by atoms with Gasteiger partial charge in [-0.25, -0.2) is 9.79 Å². The van der Waals surface area contributed by atoms with Gasteiger partial charge in [-0.3, -0.25) is 9.80 Å². The first-order valence-electron chi connectivity index (χ1n) is 10.3. The van der Waals surface area contributed by atoms with Crippen molar-refractivity contribution in [1.82, 2.24) is 0 Å². The molecule has 0 saturated heterocycles. The van der Waals surface area contributed by atoms with Crippen LogP contribution < -0.4 is 21.3 Å². The fraction of sp³-hybridized carbons (Fsp3) is 0.571. The number of carbonyl (C=O) groups excluding carboxylic acids is 1. The second-order valence-electron chi connectivity index (χ2n) is 8.98. The van der Waals surface area contributed by atoms with Crippen LogP contribution in [0, 0.1) is 0 Å². The van der Waals surface area contributed by atoms with Crippen molar-refractivity contribution >= 4 is 29.4 Å². The van der Waals surface area contributed by atoms with Gasteiger partial charge in [0.2, 0.25) is 11.9 Å². The summed E-state index contributed by atoms with van der Waals surface area (Å²) in [5.74, 6) is 0.604. The molecule has 1 aliphatic carbocycles. The lowest BCUT2D eigenvalue weighted by Crippen LogP contribution is -2.58. The van der Waals surface area contributed by atoms with Crippen molar-refractivity contribution in [2.24, 2.45) is 21.5 Å². The first-order chi connectivity index (χ1) is 13.7. The molecule has 4 rings (SSSR count). The molecular formula is C21H30N6O2. The van der Waals surface area contributed by atoms with E-state index in [1.165, 1.54) is 6.42 Å². The van der Waals surface area contributed by atoms with E-state index in [9.17, 15) is 4.79 Å². The van der Waals surface area contributed by atoms with Gasteiger partial charge in [0.15, 0.2) is 0 Å². The maximum Gasteiger partial charge on any atom is 0.414 e. The van der Waals surface area contributed by atoms with Gasteiger partial charge in [-0.15, -0.1) is 0 Å². The number of hydrogen-bond donors (Lipinski definition) is 2. The average Bonchev–Trinajstić information content (AvgIpc) is 3.05. The lowest BCUT2D eigenvalue weighted by Gasteiger charge is -2.46. The molecule has 2 aliphatic heterocycles. The fourth-order valence-corrected chi connectivity index (χ4v) is 4.60. The SMILES string of the molecule is CC(C)(C)OC(=O)N1CCc2c1cccc2N1C(N)=NC(N)=NC12CCCCC2. The van der Waals surface area contributed by atoms with Crippen molar-refractivity contribution in [1.29, 1.82) is 0 Å². The van der Waals surface area contributed by atoms with Crippen LogP contribution in [0.1, 0.15) is 58.4 Å². The predicted octanol–water partition coefficient (Wildman–Crippen LogP) is 3.09. The molecule has 0 atom stereocenters. The molecular weight excluding hydrogens is 368 g/mol. The first kappa shape index (κ1) is 19.5. The van der Waals surface area contributed by atoms with Gasteiger partial charge < -0.3 is 16.2 Å². The molecule has 2 heterocycles. The van der Waals surface area contributed by atoms with Gasteiger partial charge in [0.05, 0.1) is 11.4 Å². The van der Waals surface area contributed by atoms with E-state index in [1.54, 1.807) is 4.90 Å². The third kappa shape index (κ3) is 3.52. The number of guanidine groups is 2. The van der Waals surface area contributed by atoms with Crippen molar-refractivity contribution in [2.45, 2.75) is 70.6 Å². The van der Waals surface area contributed by atoms with E-state index in [2.05, 4.69) is 4.99 Å². The zero-order valence-corrected chi connectivity index (χ0v) is 17.4. The Kier molecular flexibility index (Phi) is 4.67. The largest absolute Gasteiger partial charge is 0.443 e. The molecule has 0 radical (unpaired) electrons. The smallest absolute Gasteiger partial charge is 0.414 e. The standard InChI is InChI=1S/C21H30N6O2/c1-20(2,3)29-19(28)26-13-10-14-15(26)8-7-9-16(14)27-18(23)24-17(22)25-21(27)11-5-4-6-12-21/h7-9H,4-6,10-13H2,1-3H3,(H4,22,23,24,25). The van der Waals surface area contributed by atoms with Crippen molar-refractivity contribution in [3.8, 4) is 0 Å². The summed E-state index contributed by atoms with van der Waals surface area (Å²) in [5, 5.41) is 0. The molecule has 1 fully saturated rings. The van der Waals surface area contributed by atoms with E-state index in [-0.39, 0.29) is 12.1 Å². The second-order valence-corrected chi connectivity index (χ2v) is 8.98. The minimum atomic E-state index is -0.542. The van der Waals surface area contributed by atoms with Crippen molar-refractivity contribution in [3.05, 3.63) is 23.8 Å². The molecule has 0 aromatic heterocycles. The molecule has 3 aliphatic rings. The first-order valence-corrected chi connectivity index (χ1v) is 10.3. The van der Waals surface area contributed by atoms with E-state index >= 15 is 0 Å². The minimum Gasteiger partial charge on any atom is -0.443 e. The molecule has 0 bridgehead atoms. The maximum absolute atomic E-state index is 12.7. The summed E-state index contributed by atoms with van der Waals surface area (Å²) < 4.78 is 5.60. The molecule has 8 nitrogen and oxygen atoms in total. The Morgan fingerprint density at radius 1 is 1.14 bits per heavy atom. The summed E-state index contributed by atoms with van der Waals surface area (Å²) in [5.41, 5.74) is 14.2.